The third-order valence-corrected chi connectivity index (χ3v) is 2.41. The standard InChI is InChI=1S/C6H6BrClN2O2/c1-2-12-6(11)4-3(7)5(8)10-9-4/h2H2,1H3,(H,9,10). The first kappa shape index (κ1) is 9.54. The van der Waals surface area contributed by atoms with Gasteiger partial charge in [0.05, 0.1) is 11.1 Å². The van der Waals surface area contributed by atoms with E-state index in [0.29, 0.717) is 11.1 Å². The zero-order valence-electron chi connectivity index (χ0n) is 6.23. The van der Waals surface area contributed by atoms with Crippen LogP contribution in [-0.4, -0.2) is 22.8 Å². The number of esters is 1. The molecule has 0 aliphatic rings. The molecular formula is C6H6BrClN2O2. The van der Waals surface area contributed by atoms with Gasteiger partial charge in [-0.3, -0.25) is 5.10 Å². The van der Waals surface area contributed by atoms with Crippen molar-refractivity contribution in [2.45, 2.75) is 6.92 Å². The van der Waals surface area contributed by atoms with Crippen molar-refractivity contribution in [2.24, 2.45) is 0 Å². The quantitative estimate of drug-likeness (QED) is 0.820. The maximum atomic E-state index is 11.1. The summed E-state index contributed by atoms with van der Waals surface area (Å²) in [5.74, 6) is -0.493. The number of rotatable bonds is 2. The highest BCUT2D eigenvalue weighted by atomic mass is 79.9. The van der Waals surface area contributed by atoms with Crippen LogP contribution in [0.3, 0.4) is 0 Å². The number of aromatic amines is 1. The number of nitrogens with zero attached hydrogens (tertiary/aromatic N) is 1. The monoisotopic (exact) mass is 252 g/mol. The molecule has 6 heteroatoms. The highest BCUT2D eigenvalue weighted by Crippen LogP contribution is 2.23. The van der Waals surface area contributed by atoms with Crippen LogP contribution in [0, 0.1) is 0 Å². The van der Waals surface area contributed by atoms with E-state index < -0.39 is 5.97 Å². The number of carbonyl (C=O) groups excluding carboxylic acids is 1. The Morgan fingerprint density at radius 1 is 1.83 bits per heavy atom. The molecule has 0 aromatic carbocycles. The molecular weight excluding hydrogens is 247 g/mol. The lowest BCUT2D eigenvalue weighted by molar-refractivity contribution is 0.0518. The second kappa shape index (κ2) is 3.91. The Balaban J connectivity index is 2.88. The van der Waals surface area contributed by atoms with Crippen molar-refractivity contribution in [3.05, 3.63) is 15.3 Å². The van der Waals surface area contributed by atoms with Gasteiger partial charge in [0.25, 0.3) is 0 Å². The Morgan fingerprint density at radius 2 is 2.50 bits per heavy atom. The van der Waals surface area contributed by atoms with Crippen LogP contribution >= 0.6 is 27.5 Å². The second-order valence-corrected chi connectivity index (χ2v) is 3.09. The second-order valence-electron chi connectivity index (χ2n) is 1.92. The summed E-state index contributed by atoms with van der Waals surface area (Å²) in [7, 11) is 0. The van der Waals surface area contributed by atoms with E-state index in [4.69, 9.17) is 16.3 Å². The van der Waals surface area contributed by atoms with Gasteiger partial charge >= 0.3 is 5.97 Å². The van der Waals surface area contributed by atoms with E-state index in [-0.39, 0.29) is 10.8 Å². The van der Waals surface area contributed by atoms with Crippen molar-refractivity contribution in [1.29, 1.82) is 0 Å². The van der Waals surface area contributed by atoms with Gasteiger partial charge in [-0.05, 0) is 22.9 Å². The average molecular weight is 253 g/mol. The minimum Gasteiger partial charge on any atom is -0.461 e. The van der Waals surface area contributed by atoms with E-state index in [1.54, 1.807) is 6.92 Å². The molecule has 1 aromatic rings. The zero-order valence-corrected chi connectivity index (χ0v) is 8.57. The summed E-state index contributed by atoms with van der Waals surface area (Å²) in [4.78, 5) is 11.1. The van der Waals surface area contributed by atoms with Crippen LogP contribution in [0.15, 0.2) is 4.47 Å². The van der Waals surface area contributed by atoms with Crippen molar-refractivity contribution < 1.29 is 9.53 Å². The van der Waals surface area contributed by atoms with Crippen LogP contribution in [0.5, 0.6) is 0 Å². The van der Waals surface area contributed by atoms with Gasteiger partial charge in [-0.15, -0.1) is 0 Å². The molecule has 0 saturated heterocycles. The summed E-state index contributed by atoms with van der Waals surface area (Å²) in [5.41, 5.74) is 0.168. The Labute approximate surface area is 82.4 Å². The lowest BCUT2D eigenvalue weighted by Crippen LogP contribution is -2.05. The average Bonchev–Trinajstić information content (AvgIpc) is 2.34. The molecule has 0 amide bonds. The van der Waals surface area contributed by atoms with Crippen molar-refractivity contribution in [3.8, 4) is 0 Å². The maximum absolute atomic E-state index is 11.1. The van der Waals surface area contributed by atoms with Gasteiger partial charge in [-0.1, -0.05) is 11.6 Å². The largest absolute Gasteiger partial charge is 0.461 e. The number of aromatic nitrogens is 2. The molecule has 0 unspecified atom stereocenters. The lowest BCUT2D eigenvalue weighted by atomic mass is 10.4. The van der Waals surface area contributed by atoms with Crippen LogP contribution in [0.1, 0.15) is 17.4 Å². The summed E-state index contributed by atoms with van der Waals surface area (Å²) in [6.07, 6.45) is 0. The van der Waals surface area contributed by atoms with Gasteiger partial charge in [-0.2, -0.15) is 5.10 Å². The predicted octanol–water partition coefficient (Wildman–Crippen LogP) is 2.00. The molecule has 4 nitrogen and oxygen atoms in total. The summed E-state index contributed by atoms with van der Waals surface area (Å²) < 4.78 is 5.14. The fraction of sp³-hybridized carbons (Fsp3) is 0.333. The highest BCUT2D eigenvalue weighted by Gasteiger charge is 2.17. The van der Waals surface area contributed by atoms with Crippen LogP contribution < -0.4 is 0 Å². The van der Waals surface area contributed by atoms with Gasteiger partial charge in [0.1, 0.15) is 5.15 Å². The molecule has 0 atom stereocenters. The Kier molecular flexibility index (Phi) is 3.11. The third kappa shape index (κ3) is 1.78. The number of H-pyrrole nitrogens is 1. The smallest absolute Gasteiger partial charge is 0.360 e. The van der Waals surface area contributed by atoms with E-state index in [2.05, 4.69) is 26.1 Å². The minimum absolute atomic E-state index is 0.168. The van der Waals surface area contributed by atoms with Gasteiger partial charge < -0.3 is 4.74 Å². The van der Waals surface area contributed by atoms with Crippen molar-refractivity contribution >= 4 is 33.5 Å². The van der Waals surface area contributed by atoms with Crippen LogP contribution in [0.4, 0.5) is 0 Å². The van der Waals surface area contributed by atoms with Crippen LogP contribution in [0.25, 0.3) is 0 Å². The van der Waals surface area contributed by atoms with E-state index in [0.717, 1.165) is 0 Å². The number of carbonyl (C=O) groups is 1. The summed E-state index contributed by atoms with van der Waals surface area (Å²) in [6.45, 7) is 2.04. The Bertz CT molecular complexity index is 300. The van der Waals surface area contributed by atoms with E-state index in [9.17, 15) is 4.79 Å². The van der Waals surface area contributed by atoms with Crippen LogP contribution in [-0.2, 0) is 4.74 Å². The number of halogens is 2. The molecule has 12 heavy (non-hydrogen) atoms. The Morgan fingerprint density at radius 3 is 2.92 bits per heavy atom. The summed E-state index contributed by atoms with van der Waals surface area (Å²) in [6, 6.07) is 0. The molecule has 1 N–H and O–H groups in total. The molecule has 0 aliphatic heterocycles. The molecule has 0 radical (unpaired) electrons. The van der Waals surface area contributed by atoms with Gasteiger partial charge in [0.15, 0.2) is 5.69 Å². The molecule has 0 bridgehead atoms. The number of nitrogens with one attached hydrogen (secondary N) is 1. The topological polar surface area (TPSA) is 55.0 Å². The van der Waals surface area contributed by atoms with Gasteiger partial charge in [-0.25, -0.2) is 4.79 Å². The molecule has 0 fully saturated rings. The SMILES string of the molecule is CCOC(=O)c1n[nH]c(Cl)c1Br. The summed E-state index contributed by atoms with van der Waals surface area (Å²) in [5, 5.41) is 6.39. The lowest BCUT2D eigenvalue weighted by Gasteiger charge is -1.96. The third-order valence-electron chi connectivity index (χ3n) is 1.14. The van der Waals surface area contributed by atoms with Gasteiger partial charge in [0, 0.05) is 0 Å². The zero-order chi connectivity index (χ0) is 9.14. The van der Waals surface area contributed by atoms with Gasteiger partial charge in [0.2, 0.25) is 0 Å². The van der Waals surface area contributed by atoms with Crippen molar-refractivity contribution in [2.75, 3.05) is 6.61 Å². The summed E-state index contributed by atoms with van der Waals surface area (Å²) >= 11 is 8.70. The van der Waals surface area contributed by atoms with E-state index >= 15 is 0 Å². The highest BCUT2D eigenvalue weighted by molar-refractivity contribution is 9.10. The molecule has 66 valence electrons. The van der Waals surface area contributed by atoms with Crippen molar-refractivity contribution in [3.63, 3.8) is 0 Å². The first-order valence-electron chi connectivity index (χ1n) is 3.23. The first-order valence-corrected chi connectivity index (χ1v) is 4.40. The fourth-order valence-electron chi connectivity index (χ4n) is 0.642. The first-order chi connectivity index (χ1) is 5.66. The number of hydrogen-bond donors (Lipinski definition) is 1. The molecule has 1 heterocycles. The fourth-order valence-corrected chi connectivity index (χ4v) is 1.11. The van der Waals surface area contributed by atoms with Crippen LogP contribution in [0.2, 0.25) is 5.15 Å². The molecule has 1 aromatic heterocycles. The maximum Gasteiger partial charge on any atom is 0.360 e. The molecule has 0 spiro atoms. The number of hydrogen-bond acceptors (Lipinski definition) is 3. The molecule has 0 saturated carbocycles. The molecule has 1 rings (SSSR count). The normalized spacial score (nSPS) is 9.92. The predicted molar refractivity (Wildman–Crippen MR) is 47.3 cm³/mol. The van der Waals surface area contributed by atoms with Crippen molar-refractivity contribution in [1.82, 2.24) is 10.2 Å². The Hall–Kier alpha value is -0.550. The van der Waals surface area contributed by atoms with E-state index in [1.807, 2.05) is 0 Å². The number of ether oxygens (including phenoxy) is 1. The minimum atomic E-state index is -0.493. The van der Waals surface area contributed by atoms with E-state index in [1.165, 1.54) is 0 Å². The molecule has 0 aliphatic carbocycles.